The van der Waals surface area contributed by atoms with Crippen molar-refractivity contribution in [2.24, 2.45) is 5.92 Å². The Morgan fingerprint density at radius 3 is 2.83 bits per heavy atom. The SMILES string of the molecule is CC1CNCCC1NC(=O)C1CCCCN1Cc1ccc(F)cc1. The van der Waals surface area contributed by atoms with Gasteiger partial charge in [0.05, 0.1) is 6.04 Å². The molecule has 1 aromatic rings. The second kappa shape index (κ2) is 8.08. The fourth-order valence-electron chi connectivity index (χ4n) is 3.81. The Kier molecular flexibility index (Phi) is 5.85. The highest BCUT2D eigenvalue weighted by Gasteiger charge is 2.31. The lowest BCUT2D eigenvalue weighted by Gasteiger charge is -2.37. The maximum Gasteiger partial charge on any atom is 0.237 e. The number of halogens is 1. The van der Waals surface area contributed by atoms with Gasteiger partial charge in [-0.15, -0.1) is 0 Å². The third-order valence-corrected chi connectivity index (χ3v) is 5.33. The molecule has 2 aliphatic heterocycles. The van der Waals surface area contributed by atoms with Gasteiger partial charge < -0.3 is 10.6 Å². The Bertz CT molecular complexity index is 548. The monoisotopic (exact) mass is 333 g/mol. The predicted molar refractivity (Wildman–Crippen MR) is 93.0 cm³/mol. The van der Waals surface area contributed by atoms with E-state index in [1.807, 2.05) is 12.1 Å². The molecule has 1 amide bonds. The summed E-state index contributed by atoms with van der Waals surface area (Å²) in [7, 11) is 0. The summed E-state index contributed by atoms with van der Waals surface area (Å²) in [5.41, 5.74) is 1.06. The molecule has 2 heterocycles. The van der Waals surface area contributed by atoms with Crippen LogP contribution in [0, 0.1) is 11.7 Å². The van der Waals surface area contributed by atoms with E-state index in [0.29, 0.717) is 12.5 Å². The van der Waals surface area contributed by atoms with Crippen LogP contribution in [0.5, 0.6) is 0 Å². The van der Waals surface area contributed by atoms with Crippen LogP contribution >= 0.6 is 0 Å². The summed E-state index contributed by atoms with van der Waals surface area (Å²) in [5, 5.41) is 6.65. The van der Waals surface area contributed by atoms with Crippen LogP contribution in [0.4, 0.5) is 4.39 Å². The Morgan fingerprint density at radius 1 is 1.29 bits per heavy atom. The van der Waals surface area contributed by atoms with Crippen LogP contribution in [0.25, 0.3) is 0 Å². The first-order chi connectivity index (χ1) is 11.6. The van der Waals surface area contributed by atoms with E-state index in [1.165, 1.54) is 12.1 Å². The molecule has 0 bridgehead atoms. The fraction of sp³-hybridized carbons (Fsp3) is 0.632. The van der Waals surface area contributed by atoms with Crippen molar-refractivity contribution in [3.05, 3.63) is 35.6 Å². The number of hydrogen-bond acceptors (Lipinski definition) is 3. The molecule has 1 aromatic carbocycles. The zero-order valence-electron chi connectivity index (χ0n) is 14.4. The van der Waals surface area contributed by atoms with Crippen molar-refractivity contribution in [2.45, 2.75) is 51.2 Å². The Balaban J connectivity index is 1.62. The third kappa shape index (κ3) is 4.33. The molecule has 3 rings (SSSR count). The molecular formula is C19H28FN3O. The number of carbonyl (C=O) groups excluding carboxylic acids is 1. The van der Waals surface area contributed by atoms with E-state index in [1.54, 1.807) is 0 Å². The minimum Gasteiger partial charge on any atom is -0.352 e. The van der Waals surface area contributed by atoms with Gasteiger partial charge in [-0.3, -0.25) is 9.69 Å². The molecule has 2 aliphatic rings. The molecule has 132 valence electrons. The average Bonchev–Trinajstić information content (AvgIpc) is 2.59. The number of rotatable bonds is 4. The van der Waals surface area contributed by atoms with Gasteiger partial charge in [-0.2, -0.15) is 0 Å². The molecule has 5 heteroatoms. The Labute approximate surface area is 143 Å². The average molecular weight is 333 g/mol. The summed E-state index contributed by atoms with van der Waals surface area (Å²) < 4.78 is 13.1. The molecule has 0 saturated carbocycles. The zero-order valence-corrected chi connectivity index (χ0v) is 14.4. The summed E-state index contributed by atoms with van der Waals surface area (Å²) in [6.07, 6.45) is 4.12. The van der Waals surface area contributed by atoms with Gasteiger partial charge in [0.15, 0.2) is 0 Å². The first-order valence-electron chi connectivity index (χ1n) is 9.13. The summed E-state index contributed by atoms with van der Waals surface area (Å²) in [4.78, 5) is 15.1. The number of nitrogens with one attached hydrogen (secondary N) is 2. The highest BCUT2D eigenvalue weighted by molar-refractivity contribution is 5.82. The maximum absolute atomic E-state index is 13.1. The van der Waals surface area contributed by atoms with E-state index < -0.39 is 0 Å². The summed E-state index contributed by atoms with van der Waals surface area (Å²) in [6.45, 7) is 5.76. The molecule has 3 atom stereocenters. The largest absolute Gasteiger partial charge is 0.352 e. The normalized spacial score (nSPS) is 28.5. The summed E-state index contributed by atoms with van der Waals surface area (Å²) in [5.74, 6) is 0.416. The van der Waals surface area contributed by atoms with Gasteiger partial charge in [0.25, 0.3) is 0 Å². The number of piperidine rings is 2. The first kappa shape index (κ1) is 17.4. The molecule has 2 fully saturated rings. The van der Waals surface area contributed by atoms with Crippen LogP contribution in [0.1, 0.15) is 38.2 Å². The van der Waals surface area contributed by atoms with Gasteiger partial charge >= 0.3 is 0 Å². The highest BCUT2D eigenvalue weighted by Crippen LogP contribution is 2.21. The second-order valence-corrected chi connectivity index (χ2v) is 7.19. The van der Waals surface area contributed by atoms with Crippen molar-refractivity contribution in [3.8, 4) is 0 Å². The molecule has 2 N–H and O–H groups in total. The maximum atomic E-state index is 13.1. The fourth-order valence-corrected chi connectivity index (χ4v) is 3.81. The van der Waals surface area contributed by atoms with E-state index in [4.69, 9.17) is 0 Å². The van der Waals surface area contributed by atoms with Crippen molar-refractivity contribution >= 4 is 5.91 Å². The van der Waals surface area contributed by atoms with Gasteiger partial charge in [0, 0.05) is 12.6 Å². The van der Waals surface area contributed by atoms with E-state index in [0.717, 1.165) is 50.9 Å². The van der Waals surface area contributed by atoms with Crippen LogP contribution in [-0.2, 0) is 11.3 Å². The Morgan fingerprint density at radius 2 is 2.08 bits per heavy atom. The molecule has 24 heavy (non-hydrogen) atoms. The third-order valence-electron chi connectivity index (χ3n) is 5.33. The highest BCUT2D eigenvalue weighted by atomic mass is 19.1. The number of benzene rings is 1. The lowest BCUT2D eigenvalue weighted by molar-refractivity contribution is -0.129. The summed E-state index contributed by atoms with van der Waals surface area (Å²) in [6, 6.07) is 6.82. The molecule has 0 aromatic heterocycles. The van der Waals surface area contributed by atoms with Crippen molar-refractivity contribution in [3.63, 3.8) is 0 Å². The number of likely N-dealkylation sites (tertiary alicyclic amines) is 1. The smallest absolute Gasteiger partial charge is 0.237 e. The lowest BCUT2D eigenvalue weighted by atomic mass is 9.94. The van der Waals surface area contributed by atoms with Crippen LogP contribution in [-0.4, -0.2) is 42.5 Å². The predicted octanol–water partition coefficient (Wildman–Crippen LogP) is 2.29. The van der Waals surface area contributed by atoms with E-state index >= 15 is 0 Å². The van der Waals surface area contributed by atoms with Gasteiger partial charge in [-0.1, -0.05) is 25.5 Å². The number of hydrogen-bond donors (Lipinski definition) is 2. The number of nitrogens with zero attached hydrogens (tertiary/aromatic N) is 1. The van der Waals surface area contributed by atoms with E-state index in [2.05, 4.69) is 22.5 Å². The van der Waals surface area contributed by atoms with Crippen LogP contribution in [0.3, 0.4) is 0 Å². The second-order valence-electron chi connectivity index (χ2n) is 7.19. The van der Waals surface area contributed by atoms with Crippen LogP contribution in [0.2, 0.25) is 0 Å². The van der Waals surface area contributed by atoms with Crippen LogP contribution in [0.15, 0.2) is 24.3 Å². The van der Waals surface area contributed by atoms with Gasteiger partial charge in [0.2, 0.25) is 5.91 Å². The number of amides is 1. The molecule has 0 spiro atoms. The van der Waals surface area contributed by atoms with Gasteiger partial charge in [-0.25, -0.2) is 4.39 Å². The Hall–Kier alpha value is -1.46. The standard InChI is InChI=1S/C19H28FN3O/c1-14-12-21-10-9-17(14)22-19(24)18-4-2-3-11-23(18)13-15-5-7-16(20)8-6-15/h5-8,14,17-18,21H,2-4,9-13H2,1H3,(H,22,24). The number of carbonyl (C=O) groups is 1. The topological polar surface area (TPSA) is 44.4 Å². The summed E-state index contributed by atoms with van der Waals surface area (Å²) >= 11 is 0. The zero-order chi connectivity index (χ0) is 16.9. The molecule has 0 aliphatic carbocycles. The van der Waals surface area contributed by atoms with Crippen molar-refractivity contribution < 1.29 is 9.18 Å². The lowest BCUT2D eigenvalue weighted by Crippen LogP contribution is -2.55. The minimum absolute atomic E-state index is 0.0640. The van der Waals surface area contributed by atoms with Crippen LogP contribution < -0.4 is 10.6 Å². The van der Waals surface area contributed by atoms with E-state index in [-0.39, 0.29) is 23.8 Å². The van der Waals surface area contributed by atoms with Crippen molar-refractivity contribution in [2.75, 3.05) is 19.6 Å². The molecular weight excluding hydrogens is 305 g/mol. The van der Waals surface area contributed by atoms with E-state index in [9.17, 15) is 9.18 Å². The molecule has 3 unspecified atom stereocenters. The quantitative estimate of drug-likeness (QED) is 0.889. The minimum atomic E-state index is -0.216. The van der Waals surface area contributed by atoms with Crippen molar-refractivity contribution in [1.29, 1.82) is 0 Å². The van der Waals surface area contributed by atoms with Crippen molar-refractivity contribution in [1.82, 2.24) is 15.5 Å². The van der Waals surface area contributed by atoms with Gasteiger partial charge in [-0.05, 0) is 62.5 Å². The molecule has 4 nitrogen and oxygen atoms in total. The van der Waals surface area contributed by atoms with Gasteiger partial charge in [0.1, 0.15) is 5.82 Å². The molecule has 2 saturated heterocycles. The first-order valence-corrected chi connectivity index (χ1v) is 9.13. The molecule has 0 radical (unpaired) electrons.